The zero-order valence-corrected chi connectivity index (χ0v) is 17.4. The van der Waals surface area contributed by atoms with E-state index in [1.165, 1.54) is 17.1 Å². The first-order valence-electron chi connectivity index (χ1n) is 8.25. The van der Waals surface area contributed by atoms with E-state index in [9.17, 15) is 18.4 Å². The highest BCUT2D eigenvalue weighted by Crippen LogP contribution is 2.15. The van der Waals surface area contributed by atoms with Gasteiger partial charge in [-0.1, -0.05) is 0 Å². The molecule has 28 heavy (non-hydrogen) atoms. The van der Waals surface area contributed by atoms with Crippen LogP contribution in [-0.2, 0) is 11.3 Å². The number of hydrogen-bond donors (Lipinski definition) is 1. The van der Waals surface area contributed by atoms with Gasteiger partial charge in [-0.3, -0.25) is 0 Å². The van der Waals surface area contributed by atoms with Crippen molar-refractivity contribution in [3.05, 3.63) is 50.9 Å². The van der Waals surface area contributed by atoms with Crippen LogP contribution in [-0.4, -0.2) is 37.6 Å². The molecule has 8 nitrogen and oxygen atoms in total. The summed E-state index contributed by atoms with van der Waals surface area (Å²) < 4.78 is 34.2. The van der Waals surface area contributed by atoms with Gasteiger partial charge < -0.3 is 10.1 Å². The van der Waals surface area contributed by atoms with E-state index in [1.807, 2.05) is 0 Å². The van der Waals surface area contributed by atoms with Crippen LogP contribution in [0.2, 0.25) is 0 Å². The van der Waals surface area contributed by atoms with Crippen molar-refractivity contribution < 1.29 is 18.3 Å². The molecule has 11 heteroatoms. The molecular weight excluding hydrogens is 440 g/mol. The van der Waals surface area contributed by atoms with Gasteiger partial charge in [0.1, 0.15) is 16.5 Å². The molecular formula is C17H20BrF2N5O3. The number of aryl methyl sites for hydroxylation is 1. The maximum atomic E-state index is 13.3. The average Bonchev–Trinajstić information content (AvgIpc) is 2.93. The largest absolute Gasteiger partial charge is 0.444 e. The number of halogens is 3. The van der Waals surface area contributed by atoms with Gasteiger partial charge in [0.25, 0.3) is 6.08 Å². The molecule has 0 saturated heterocycles. The van der Waals surface area contributed by atoms with Crippen molar-refractivity contribution in [2.45, 2.75) is 39.8 Å². The van der Waals surface area contributed by atoms with E-state index in [0.29, 0.717) is 10.3 Å². The van der Waals surface area contributed by atoms with Crippen LogP contribution in [0.1, 0.15) is 26.3 Å². The average molecular weight is 460 g/mol. The van der Waals surface area contributed by atoms with Crippen LogP contribution in [0.5, 0.6) is 0 Å². The number of alkyl carbamates (subject to hydrolysis) is 1. The molecule has 0 aliphatic rings. The van der Waals surface area contributed by atoms with Gasteiger partial charge in [-0.15, -0.1) is 0 Å². The fraction of sp³-hybridized carbons (Fsp3) is 0.412. The lowest BCUT2D eigenvalue weighted by Gasteiger charge is -2.19. The molecule has 2 aromatic rings. The fourth-order valence-electron chi connectivity index (χ4n) is 2.15. The predicted octanol–water partition coefficient (Wildman–Crippen LogP) is 3.18. The molecule has 0 aliphatic carbocycles. The Bertz CT molecular complexity index is 958. The highest BCUT2D eigenvalue weighted by atomic mass is 79.9. The van der Waals surface area contributed by atoms with E-state index in [-0.39, 0.29) is 0 Å². The van der Waals surface area contributed by atoms with Gasteiger partial charge >= 0.3 is 11.8 Å². The quantitative estimate of drug-likeness (QED) is 0.693. The first kappa shape index (κ1) is 21.7. The number of amides is 1. The normalized spacial score (nSPS) is 11.2. The lowest BCUT2D eigenvalue weighted by molar-refractivity contribution is 0.0531. The van der Waals surface area contributed by atoms with Crippen molar-refractivity contribution in [3.8, 4) is 5.69 Å². The number of carbonyl (C=O) groups excluding carboxylic acids is 1. The standard InChI is InChI=1S/C17H20BrF2N5O3/c1-10-5-12(7-21-13(10)18)24-9-23-25(16(24)27)8-11(14(19)20)6-22-15(26)28-17(2,3)4/h5,7,9H,6,8H2,1-4H3,(H,22,26). The van der Waals surface area contributed by atoms with Crippen molar-refractivity contribution >= 4 is 22.0 Å². The molecule has 1 N–H and O–H groups in total. The lowest BCUT2D eigenvalue weighted by atomic mass is 10.2. The van der Waals surface area contributed by atoms with Gasteiger partial charge in [0.15, 0.2) is 0 Å². The van der Waals surface area contributed by atoms with Crippen molar-refractivity contribution in [1.82, 2.24) is 24.6 Å². The van der Waals surface area contributed by atoms with Crippen LogP contribution in [0.15, 0.2) is 39.6 Å². The van der Waals surface area contributed by atoms with Gasteiger partial charge in [-0.2, -0.15) is 13.9 Å². The predicted molar refractivity (Wildman–Crippen MR) is 102 cm³/mol. The van der Waals surface area contributed by atoms with E-state index < -0.39 is 42.1 Å². The Morgan fingerprint density at radius 1 is 1.36 bits per heavy atom. The molecule has 152 valence electrons. The number of nitrogens with zero attached hydrogens (tertiary/aromatic N) is 4. The molecule has 2 aromatic heterocycles. The third-order valence-electron chi connectivity index (χ3n) is 3.46. The molecule has 1 amide bonds. The monoisotopic (exact) mass is 459 g/mol. The maximum absolute atomic E-state index is 13.3. The molecule has 2 heterocycles. The summed E-state index contributed by atoms with van der Waals surface area (Å²) in [6.07, 6.45) is -0.151. The highest BCUT2D eigenvalue weighted by Gasteiger charge is 2.18. The van der Waals surface area contributed by atoms with Gasteiger partial charge in [0.05, 0.1) is 18.4 Å². The maximum Gasteiger partial charge on any atom is 0.407 e. The SMILES string of the molecule is Cc1cc(-n2cnn(CC(CNC(=O)OC(C)(C)C)=C(F)F)c2=O)cnc1Br. The van der Waals surface area contributed by atoms with Gasteiger partial charge in [0.2, 0.25) is 0 Å². The number of pyridine rings is 1. The van der Waals surface area contributed by atoms with Crippen molar-refractivity contribution in [1.29, 1.82) is 0 Å². The molecule has 0 aliphatic heterocycles. The summed E-state index contributed by atoms with van der Waals surface area (Å²) in [4.78, 5) is 28.2. The highest BCUT2D eigenvalue weighted by molar-refractivity contribution is 9.10. The number of ether oxygens (including phenoxy) is 1. The second kappa shape index (κ2) is 8.63. The van der Waals surface area contributed by atoms with Gasteiger partial charge in [0, 0.05) is 12.1 Å². The zero-order chi connectivity index (χ0) is 21.1. The Balaban J connectivity index is 2.16. The fourth-order valence-corrected chi connectivity index (χ4v) is 2.37. The summed E-state index contributed by atoms with van der Waals surface area (Å²) in [5.74, 6) is 0. The molecule has 0 fully saturated rings. The summed E-state index contributed by atoms with van der Waals surface area (Å²) >= 11 is 3.27. The topological polar surface area (TPSA) is 91.0 Å². The van der Waals surface area contributed by atoms with Crippen molar-refractivity contribution in [2.24, 2.45) is 0 Å². The first-order chi connectivity index (χ1) is 13.0. The smallest absolute Gasteiger partial charge is 0.407 e. The van der Waals surface area contributed by atoms with Crippen LogP contribution in [0.4, 0.5) is 13.6 Å². The minimum atomic E-state index is -2.00. The van der Waals surface area contributed by atoms with E-state index in [1.54, 1.807) is 33.8 Å². The van der Waals surface area contributed by atoms with E-state index in [4.69, 9.17) is 4.74 Å². The van der Waals surface area contributed by atoms with Crippen molar-refractivity contribution in [2.75, 3.05) is 6.54 Å². The third kappa shape index (κ3) is 5.72. The van der Waals surface area contributed by atoms with Crippen LogP contribution in [0.3, 0.4) is 0 Å². The molecule has 0 aromatic carbocycles. The Morgan fingerprint density at radius 3 is 2.61 bits per heavy atom. The Kier molecular flexibility index (Phi) is 6.70. The Morgan fingerprint density at radius 2 is 2.04 bits per heavy atom. The van der Waals surface area contributed by atoms with Crippen LogP contribution in [0, 0.1) is 6.92 Å². The molecule has 0 atom stereocenters. The number of carbonyl (C=O) groups is 1. The summed E-state index contributed by atoms with van der Waals surface area (Å²) in [6, 6.07) is 1.71. The summed E-state index contributed by atoms with van der Waals surface area (Å²) in [5, 5.41) is 6.12. The van der Waals surface area contributed by atoms with E-state index >= 15 is 0 Å². The van der Waals surface area contributed by atoms with E-state index in [0.717, 1.165) is 10.2 Å². The zero-order valence-electron chi connectivity index (χ0n) is 15.8. The lowest BCUT2D eigenvalue weighted by Crippen LogP contribution is -2.35. The second-order valence-electron chi connectivity index (χ2n) is 6.96. The second-order valence-corrected chi connectivity index (χ2v) is 7.71. The molecule has 0 bridgehead atoms. The van der Waals surface area contributed by atoms with E-state index in [2.05, 4.69) is 31.3 Å². The number of nitrogens with one attached hydrogen (secondary N) is 1. The molecule has 0 spiro atoms. The molecule has 0 unspecified atom stereocenters. The van der Waals surface area contributed by atoms with Crippen molar-refractivity contribution in [3.63, 3.8) is 0 Å². The van der Waals surface area contributed by atoms with Gasteiger partial charge in [-0.05, 0) is 55.3 Å². The summed E-state index contributed by atoms with van der Waals surface area (Å²) in [6.45, 7) is 5.82. The number of aromatic nitrogens is 4. The molecule has 2 rings (SSSR count). The van der Waals surface area contributed by atoms with Crippen LogP contribution in [0.25, 0.3) is 5.69 Å². The molecule has 0 saturated carbocycles. The minimum absolute atomic E-state index is 0.454. The van der Waals surface area contributed by atoms with Gasteiger partial charge in [-0.25, -0.2) is 23.8 Å². The molecule has 0 radical (unpaired) electrons. The van der Waals surface area contributed by atoms with Crippen LogP contribution < -0.4 is 11.0 Å². The Labute approximate surface area is 168 Å². The number of hydrogen-bond acceptors (Lipinski definition) is 5. The summed E-state index contributed by atoms with van der Waals surface area (Å²) in [5.41, 5.74) is -0.568. The minimum Gasteiger partial charge on any atom is -0.444 e. The summed E-state index contributed by atoms with van der Waals surface area (Å²) in [7, 11) is 0. The number of rotatable bonds is 5. The third-order valence-corrected chi connectivity index (χ3v) is 4.29. The Hall–Kier alpha value is -2.56. The van der Waals surface area contributed by atoms with Crippen LogP contribution >= 0.6 is 15.9 Å². The first-order valence-corrected chi connectivity index (χ1v) is 9.04.